The summed E-state index contributed by atoms with van der Waals surface area (Å²) in [7, 11) is 0. The van der Waals surface area contributed by atoms with Crippen molar-refractivity contribution in [2.75, 3.05) is 11.9 Å². The molecule has 1 aromatic carbocycles. The molecule has 0 spiro atoms. The quantitative estimate of drug-likeness (QED) is 0.856. The summed E-state index contributed by atoms with van der Waals surface area (Å²) in [5.41, 5.74) is 0.557. The van der Waals surface area contributed by atoms with Gasteiger partial charge >= 0.3 is 5.97 Å². The number of aliphatic carboxylic acids is 1. The molecule has 2 unspecified atom stereocenters. The molecule has 0 bridgehead atoms. The fourth-order valence-electron chi connectivity index (χ4n) is 2.08. The number of rotatable bonds is 5. The second kappa shape index (κ2) is 6.38. The smallest absolute Gasteiger partial charge is 0.332 e. The molecule has 1 aromatic rings. The lowest BCUT2D eigenvalue weighted by Gasteiger charge is -2.14. The van der Waals surface area contributed by atoms with Crippen molar-refractivity contribution in [3.8, 4) is 5.75 Å². The second-order valence-electron chi connectivity index (χ2n) is 4.45. The maximum Gasteiger partial charge on any atom is 0.332 e. The molecule has 1 fully saturated rings. The average Bonchev–Trinajstić information content (AvgIpc) is 2.91. The molecule has 1 heterocycles. The van der Waals surface area contributed by atoms with E-state index in [1.807, 2.05) is 13.0 Å². The van der Waals surface area contributed by atoms with E-state index < -0.39 is 18.2 Å². The highest BCUT2D eigenvalue weighted by atomic mass is 16.5. The van der Waals surface area contributed by atoms with Crippen LogP contribution in [-0.4, -0.2) is 35.8 Å². The largest absolute Gasteiger partial charge is 0.492 e. The summed E-state index contributed by atoms with van der Waals surface area (Å²) >= 11 is 0. The van der Waals surface area contributed by atoms with E-state index >= 15 is 0 Å². The standard InChI is InChI=1S/C14H17NO5/c1-2-19-10-6-4-3-5-9(10)15-13(16)11-7-8-12(20-11)14(17)18/h3-6,11-12H,2,7-8H2,1H3,(H,15,16)(H,17,18). The Hall–Kier alpha value is -2.08. The zero-order valence-electron chi connectivity index (χ0n) is 11.2. The van der Waals surface area contributed by atoms with E-state index in [-0.39, 0.29) is 5.91 Å². The number of para-hydroxylation sites is 2. The Kier molecular flexibility index (Phi) is 4.57. The number of carbonyl (C=O) groups is 2. The number of nitrogens with one attached hydrogen (secondary N) is 1. The summed E-state index contributed by atoms with van der Waals surface area (Å²) in [5.74, 6) is -0.799. The van der Waals surface area contributed by atoms with Gasteiger partial charge < -0.3 is 19.9 Å². The highest BCUT2D eigenvalue weighted by Crippen LogP contribution is 2.26. The first-order chi connectivity index (χ1) is 9.61. The number of carboxylic acids is 1. The number of benzene rings is 1. The minimum atomic E-state index is -1.03. The van der Waals surface area contributed by atoms with Gasteiger partial charge in [-0.05, 0) is 31.9 Å². The van der Waals surface area contributed by atoms with Crippen LogP contribution in [0.4, 0.5) is 5.69 Å². The summed E-state index contributed by atoms with van der Waals surface area (Å²) in [6, 6.07) is 7.09. The van der Waals surface area contributed by atoms with Crippen LogP contribution in [0.1, 0.15) is 19.8 Å². The van der Waals surface area contributed by atoms with Crippen LogP contribution in [0.25, 0.3) is 0 Å². The Balaban J connectivity index is 2.00. The van der Waals surface area contributed by atoms with Gasteiger partial charge in [0.1, 0.15) is 11.9 Å². The van der Waals surface area contributed by atoms with Gasteiger partial charge in [-0.2, -0.15) is 0 Å². The first-order valence-corrected chi connectivity index (χ1v) is 6.52. The third-order valence-electron chi connectivity index (χ3n) is 3.03. The van der Waals surface area contributed by atoms with Gasteiger partial charge in [-0.1, -0.05) is 12.1 Å². The number of ether oxygens (including phenoxy) is 2. The van der Waals surface area contributed by atoms with Crippen molar-refractivity contribution >= 4 is 17.6 Å². The molecule has 1 saturated heterocycles. The lowest BCUT2D eigenvalue weighted by atomic mass is 10.2. The van der Waals surface area contributed by atoms with E-state index in [0.29, 0.717) is 30.9 Å². The third-order valence-corrected chi connectivity index (χ3v) is 3.03. The van der Waals surface area contributed by atoms with Crippen molar-refractivity contribution in [2.45, 2.75) is 32.0 Å². The molecule has 6 heteroatoms. The molecule has 1 amide bonds. The Labute approximate surface area is 116 Å². The third kappa shape index (κ3) is 3.27. The van der Waals surface area contributed by atoms with Crippen molar-refractivity contribution in [1.29, 1.82) is 0 Å². The first-order valence-electron chi connectivity index (χ1n) is 6.52. The van der Waals surface area contributed by atoms with Gasteiger partial charge in [0.05, 0.1) is 12.3 Å². The number of hydrogen-bond acceptors (Lipinski definition) is 4. The number of amides is 1. The van der Waals surface area contributed by atoms with Crippen molar-refractivity contribution in [2.24, 2.45) is 0 Å². The molecule has 0 aliphatic carbocycles. The first kappa shape index (κ1) is 14.3. The highest BCUT2D eigenvalue weighted by Gasteiger charge is 2.34. The lowest BCUT2D eigenvalue weighted by molar-refractivity contribution is -0.150. The Morgan fingerprint density at radius 3 is 2.70 bits per heavy atom. The monoisotopic (exact) mass is 279 g/mol. The van der Waals surface area contributed by atoms with Gasteiger partial charge in [0.25, 0.3) is 5.91 Å². The van der Waals surface area contributed by atoms with Crippen LogP contribution in [0.3, 0.4) is 0 Å². The van der Waals surface area contributed by atoms with Crippen molar-refractivity contribution < 1.29 is 24.2 Å². The van der Waals surface area contributed by atoms with E-state index in [0.717, 1.165) is 0 Å². The summed E-state index contributed by atoms with van der Waals surface area (Å²) in [6.45, 7) is 2.35. The minimum Gasteiger partial charge on any atom is -0.492 e. The predicted molar refractivity (Wildman–Crippen MR) is 71.8 cm³/mol. The van der Waals surface area contributed by atoms with Crippen molar-refractivity contribution in [3.63, 3.8) is 0 Å². The molecule has 1 aliphatic rings. The van der Waals surface area contributed by atoms with Crippen molar-refractivity contribution in [3.05, 3.63) is 24.3 Å². The Bertz CT molecular complexity index is 502. The van der Waals surface area contributed by atoms with Crippen LogP contribution in [0.2, 0.25) is 0 Å². The summed E-state index contributed by atoms with van der Waals surface area (Å²) in [5, 5.41) is 11.6. The number of carboxylic acid groups (broad SMARTS) is 1. The molecule has 0 aromatic heterocycles. The van der Waals surface area contributed by atoms with Crippen LogP contribution in [0, 0.1) is 0 Å². The van der Waals surface area contributed by atoms with Gasteiger partial charge in [0.2, 0.25) is 0 Å². The van der Waals surface area contributed by atoms with Crippen LogP contribution in [-0.2, 0) is 14.3 Å². The van der Waals surface area contributed by atoms with Crippen molar-refractivity contribution in [1.82, 2.24) is 0 Å². The molecular weight excluding hydrogens is 262 g/mol. The van der Waals surface area contributed by atoms with Gasteiger partial charge in [-0.3, -0.25) is 4.79 Å². The van der Waals surface area contributed by atoms with Gasteiger partial charge in [0, 0.05) is 0 Å². The second-order valence-corrected chi connectivity index (χ2v) is 4.45. The number of carbonyl (C=O) groups excluding carboxylic acids is 1. The number of hydrogen-bond donors (Lipinski definition) is 2. The maximum atomic E-state index is 12.1. The van der Waals surface area contributed by atoms with E-state index in [9.17, 15) is 9.59 Å². The molecule has 108 valence electrons. The van der Waals surface area contributed by atoms with E-state index in [2.05, 4.69) is 5.32 Å². The van der Waals surface area contributed by atoms with Gasteiger partial charge in [-0.25, -0.2) is 4.79 Å². The zero-order chi connectivity index (χ0) is 14.5. The molecule has 2 N–H and O–H groups in total. The van der Waals surface area contributed by atoms with Crippen LogP contribution < -0.4 is 10.1 Å². The van der Waals surface area contributed by atoms with E-state index in [4.69, 9.17) is 14.6 Å². The van der Waals surface area contributed by atoms with Gasteiger partial charge in [-0.15, -0.1) is 0 Å². The molecule has 6 nitrogen and oxygen atoms in total. The fraction of sp³-hybridized carbons (Fsp3) is 0.429. The van der Waals surface area contributed by atoms with Crippen LogP contribution >= 0.6 is 0 Å². The minimum absolute atomic E-state index is 0.346. The molecule has 20 heavy (non-hydrogen) atoms. The van der Waals surface area contributed by atoms with E-state index in [1.54, 1.807) is 18.2 Å². The zero-order valence-corrected chi connectivity index (χ0v) is 11.2. The van der Waals surface area contributed by atoms with Crippen LogP contribution in [0.5, 0.6) is 5.75 Å². The Morgan fingerprint density at radius 2 is 2.05 bits per heavy atom. The molecule has 1 aliphatic heterocycles. The molecule has 0 saturated carbocycles. The summed E-state index contributed by atoms with van der Waals surface area (Å²) in [6.07, 6.45) is -0.876. The maximum absolute atomic E-state index is 12.1. The lowest BCUT2D eigenvalue weighted by Crippen LogP contribution is -2.30. The summed E-state index contributed by atoms with van der Waals surface area (Å²) < 4.78 is 10.6. The fourth-order valence-corrected chi connectivity index (χ4v) is 2.08. The highest BCUT2D eigenvalue weighted by molar-refractivity contribution is 5.96. The topological polar surface area (TPSA) is 84.9 Å². The molecule has 2 atom stereocenters. The van der Waals surface area contributed by atoms with Crippen LogP contribution in [0.15, 0.2) is 24.3 Å². The SMILES string of the molecule is CCOc1ccccc1NC(=O)C1CCC(C(=O)O)O1. The molecular formula is C14H17NO5. The Morgan fingerprint density at radius 1 is 1.35 bits per heavy atom. The van der Waals surface area contributed by atoms with Gasteiger partial charge in [0.15, 0.2) is 6.10 Å². The normalized spacial score (nSPS) is 21.4. The molecule has 0 radical (unpaired) electrons. The molecule has 2 rings (SSSR count). The number of anilines is 1. The predicted octanol–water partition coefficient (Wildman–Crippen LogP) is 1.66. The van der Waals surface area contributed by atoms with E-state index in [1.165, 1.54) is 0 Å². The average molecular weight is 279 g/mol. The summed E-state index contributed by atoms with van der Waals surface area (Å²) in [4.78, 5) is 22.8.